The van der Waals surface area contributed by atoms with Crippen molar-refractivity contribution in [3.05, 3.63) is 0 Å². The summed E-state index contributed by atoms with van der Waals surface area (Å²) >= 11 is 0. The third kappa shape index (κ3) is 2.45. The summed E-state index contributed by atoms with van der Waals surface area (Å²) in [6, 6.07) is 0. The van der Waals surface area contributed by atoms with Gasteiger partial charge >= 0.3 is 0 Å². The smallest absolute Gasteiger partial charge is 0.167 e. The highest BCUT2D eigenvalue weighted by molar-refractivity contribution is 5.87. The van der Waals surface area contributed by atoms with E-state index < -0.39 is 11.5 Å². The normalized spacial score (nSPS) is 14.9. The van der Waals surface area contributed by atoms with Gasteiger partial charge in [-0.25, -0.2) is 0 Å². The molecule has 0 rings (SSSR count). The number of rotatable bonds is 2. The molecule has 0 amide bonds. The van der Waals surface area contributed by atoms with E-state index in [1.54, 1.807) is 20.8 Å². The van der Waals surface area contributed by atoms with Gasteiger partial charge in [0.2, 0.25) is 0 Å². The number of ketones is 1. The molecule has 10 heavy (non-hydrogen) atoms. The van der Waals surface area contributed by atoms with Gasteiger partial charge in [0.25, 0.3) is 0 Å². The van der Waals surface area contributed by atoms with Gasteiger partial charge in [-0.2, -0.15) is 0 Å². The first-order chi connectivity index (χ1) is 4.39. The van der Waals surface area contributed by atoms with E-state index in [1.165, 1.54) is 0 Å². The van der Waals surface area contributed by atoms with Crippen molar-refractivity contribution >= 4 is 5.78 Å². The monoisotopic (exact) mass is 145 g/mol. The van der Waals surface area contributed by atoms with Crippen molar-refractivity contribution < 1.29 is 9.90 Å². The van der Waals surface area contributed by atoms with E-state index in [2.05, 4.69) is 0 Å². The molecule has 0 bridgehead atoms. The number of hydrogen-bond acceptors (Lipinski definition) is 3. The Labute approximate surface area is 61.2 Å². The largest absolute Gasteiger partial charge is 0.384 e. The fourth-order valence-corrected chi connectivity index (χ4v) is 0.607. The third-order valence-electron chi connectivity index (χ3n) is 1.27. The predicted molar refractivity (Wildman–Crippen MR) is 39.5 cm³/mol. The van der Waals surface area contributed by atoms with Gasteiger partial charge in [0.15, 0.2) is 5.78 Å². The number of carbonyl (C=O) groups is 1. The van der Waals surface area contributed by atoms with Crippen LogP contribution < -0.4 is 5.73 Å². The predicted octanol–water partition coefficient (Wildman–Crippen LogP) is -0.0788. The summed E-state index contributed by atoms with van der Waals surface area (Å²) in [5.41, 5.74) is 4.61. The van der Waals surface area contributed by atoms with Crippen LogP contribution in [-0.2, 0) is 4.79 Å². The fourth-order valence-electron chi connectivity index (χ4n) is 0.607. The maximum absolute atomic E-state index is 11.1. The summed E-state index contributed by atoms with van der Waals surface area (Å²) in [5, 5.41) is 8.99. The lowest BCUT2D eigenvalue weighted by atomic mass is 9.88. The quantitative estimate of drug-likeness (QED) is 0.571. The average Bonchev–Trinajstić information content (AvgIpc) is 1.83. The molecule has 1 atom stereocenters. The molecule has 0 aliphatic heterocycles. The molecule has 60 valence electrons. The summed E-state index contributed by atoms with van der Waals surface area (Å²) < 4.78 is 0. The Balaban J connectivity index is 4.09. The Kier molecular flexibility index (Phi) is 2.99. The Morgan fingerprint density at radius 3 is 2.10 bits per heavy atom. The molecule has 0 fully saturated rings. The van der Waals surface area contributed by atoms with E-state index in [1.807, 2.05) is 0 Å². The highest BCUT2D eigenvalue weighted by Crippen LogP contribution is 2.15. The Morgan fingerprint density at radius 2 is 2.00 bits per heavy atom. The van der Waals surface area contributed by atoms with E-state index in [9.17, 15) is 4.79 Å². The summed E-state index contributed by atoms with van der Waals surface area (Å²) in [4.78, 5) is 11.1. The molecule has 0 saturated carbocycles. The lowest BCUT2D eigenvalue weighted by Crippen LogP contribution is -2.37. The van der Waals surface area contributed by atoms with Crippen molar-refractivity contribution in [1.29, 1.82) is 0 Å². The van der Waals surface area contributed by atoms with Crippen molar-refractivity contribution in [3.63, 3.8) is 0 Å². The molecule has 0 heterocycles. The van der Waals surface area contributed by atoms with Crippen LogP contribution in [0.5, 0.6) is 0 Å². The number of Topliss-reactive ketones (excluding diaryl/α,β-unsaturated/α-hetero) is 1. The lowest BCUT2D eigenvalue weighted by molar-refractivity contribution is -0.134. The standard InChI is InChI=1S/C7H15NO2/c1-7(2,3)6(10)5(9)4-8/h5,9H,4,8H2,1-3H3. The summed E-state index contributed by atoms with van der Waals surface area (Å²) in [7, 11) is 0. The van der Waals surface area contributed by atoms with Crippen molar-refractivity contribution in [1.82, 2.24) is 0 Å². The van der Waals surface area contributed by atoms with Crippen molar-refractivity contribution in [2.24, 2.45) is 11.1 Å². The molecule has 0 saturated heterocycles. The van der Waals surface area contributed by atoms with Crippen LogP contribution in [0.15, 0.2) is 0 Å². The zero-order valence-corrected chi connectivity index (χ0v) is 6.72. The highest BCUT2D eigenvalue weighted by Gasteiger charge is 2.26. The first kappa shape index (κ1) is 9.59. The lowest BCUT2D eigenvalue weighted by Gasteiger charge is -2.19. The first-order valence-corrected chi connectivity index (χ1v) is 3.32. The maximum atomic E-state index is 11.1. The molecule has 3 heteroatoms. The summed E-state index contributed by atoms with van der Waals surface area (Å²) in [6.07, 6.45) is -1.00. The first-order valence-electron chi connectivity index (χ1n) is 3.32. The molecular formula is C7H15NO2. The van der Waals surface area contributed by atoms with E-state index in [0.717, 1.165) is 0 Å². The van der Waals surface area contributed by atoms with Crippen LogP contribution in [0, 0.1) is 5.41 Å². The summed E-state index contributed by atoms with van der Waals surface area (Å²) in [6.45, 7) is 5.28. The van der Waals surface area contributed by atoms with Crippen molar-refractivity contribution in [3.8, 4) is 0 Å². The van der Waals surface area contributed by atoms with Gasteiger partial charge in [0.1, 0.15) is 6.10 Å². The second-order valence-corrected chi connectivity index (χ2v) is 3.37. The van der Waals surface area contributed by atoms with Crippen LogP contribution in [0.2, 0.25) is 0 Å². The Hall–Kier alpha value is -0.410. The van der Waals surface area contributed by atoms with E-state index in [0.29, 0.717) is 0 Å². The van der Waals surface area contributed by atoms with Gasteiger partial charge < -0.3 is 10.8 Å². The van der Waals surface area contributed by atoms with E-state index in [4.69, 9.17) is 10.8 Å². The number of hydrogen-bond donors (Lipinski definition) is 2. The zero-order valence-electron chi connectivity index (χ0n) is 6.72. The number of carbonyl (C=O) groups excluding carboxylic acids is 1. The van der Waals surface area contributed by atoms with E-state index in [-0.39, 0.29) is 12.3 Å². The SMILES string of the molecule is CC(C)(C)C(=O)C(O)CN. The number of aliphatic hydroxyl groups excluding tert-OH is 1. The minimum absolute atomic E-state index is 0.0100. The van der Waals surface area contributed by atoms with Gasteiger partial charge in [-0.15, -0.1) is 0 Å². The number of nitrogens with two attached hydrogens (primary N) is 1. The molecule has 0 aliphatic rings. The van der Waals surface area contributed by atoms with Gasteiger partial charge in [-0.3, -0.25) is 4.79 Å². The molecular weight excluding hydrogens is 130 g/mol. The van der Waals surface area contributed by atoms with Crippen molar-refractivity contribution in [2.45, 2.75) is 26.9 Å². The molecule has 0 aromatic rings. The molecule has 0 spiro atoms. The molecule has 0 aromatic carbocycles. The molecule has 3 N–H and O–H groups in total. The average molecular weight is 145 g/mol. The highest BCUT2D eigenvalue weighted by atomic mass is 16.3. The third-order valence-corrected chi connectivity index (χ3v) is 1.27. The Bertz CT molecular complexity index is 126. The second-order valence-electron chi connectivity index (χ2n) is 3.37. The van der Waals surface area contributed by atoms with Crippen LogP contribution in [0.4, 0.5) is 0 Å². The zero-order chi connectivity index (χ0) is 8.36. The van der Waals surface area contributed by atoms with Gasteiger partial charge in [-0.1, -0.05) is 20.8 Å². The molecule has 0 aliphatic carbocycles. The Morgan fingerprint density at radius 1 is 1.60 bits per heavy atom. The molecule has 3 nitrogen and oxygen atoms in total. The van der Waals surface area contributed by atoms with Crippen LogP contribution >= 0.6 is 0 Å². The van der Waals surface area contributed by atoms with Crippen LogP contribution in [-0.4, -0.2) is 23.5 Å². The second kappa shape index (κ2) is 3.12. The molecule has 1 unspecified atom stereocenters. The minimum atomic E-state index is -1.00. The van der Waals surface area contributed by atoms with Gasteiger partial charge in [0.05, 0.1) is 0 Å². The topological polar surface area (TPSA) is 63.3 Å². The van der Waals surface area contributed by atoms with Crippen LogP contribution in [0.3, 0.4) is 0 Å². The number of aliphatic hydroxyl groups is 1. The molecule has 0 aromatic heterocycles. The minimum Gasteiger partial charge on any atom is -0.384 e. The molecule has 0 radical (unpaired) electrons. The fraction of sp³-hybridized carbons (Fsp3) is 0.857. The van der Waals surface area contributed by atoms with Gasteiger partial charge in [0, 0.05) is 12.0 Å². The maximum Gasteiger partial charge on any atom is 0.167 e. The summed E-state index contributed by atoms with van der Waals surface area (Å²) in [5.74, 6) is -0.199. The van der Waals surface area contributed by atoms with Gasteiger partial charge in [-0.05, 0) is 0 Å². The van der Waals surface area contributed by atoms with E-state index >= 15 is 0 Å². The van der Waals surface area contributed by atoms with Crippen LogP contribution in [0.1, 0.15) is 20.8 Å². The van der Waals surface area contributed by atoms with Crippen LogP contribution in [0.25, 0.3) is 0 Å². The van der Waals surface area contributed by atoms with Crippen molar-refractivity contribution in [2.75, 3.05) is 6.54 Å².